The van der Waals surface area contributed by atoms with Crippen molar-refractivity contribution < 1.29 is 23.4 Å². The van der Waals surface area contributed by atoms with E-state index >= 15 is 0 Å². The Labute approximate surface area is 131 Å². The lowest BCUT2D eigenvalue weighted by atomic mass is 10.1. The van der Waals surface area contributed by atoms with Gasteiger partial charge in [-0.1, -0.05) is 23.2 Å². The maximum atomic E-state index is 12.6. The predicted molar refractivity (Wildman–Crippen MR) is 77.4 cm³/mol. The number of rotatable bonds is 3. The molecule has 0 aliphatic carbocycles. The summed E-state index contributed by atoms with van der Waals surface area (Å²) in [5.41, 5.74) is -0.375. The summed E-state index contributed by atoms with van der Waals surface area (Å²) < 4.78 is 26.2. The second kappa shape index (κ2) is 6.10. The number of aromatic carboxylic acids is 1. The van der Waals surface area contributed by atoms with Crippen molar-refractivity contribution in [2.24, 2.45) is 0 Å². The van der Waals surface area contributed by atoms with Crippen LogP contribution in [0.2, 0.25) is 10.0 Å². The van der Waals surface area contributed by atoms with Gasteiger partial charge in [0.25, 0.3) is 0 Å². The van der Waals surface area contributed by atoms with Gasteiger partial charge in [-0.2, -0.15) is 4.31 Å². The minimum Gasteiger partial charge on any atom is -0.478 e. The third-order valence-corrected chi connectivity index (χ3v) is 5.84. The van der Waals surface area contributed by atoms with Crippen LogP contribution in [0.1, 0.15) is 23.2 Å². The van der Waals surface area contributed by atoms with Crippen molar-refractivity contribution in [1.82, 2.24) is 4.31 Å². The molecule has 1 saturated heterocycles. The van der Waals surface area contributed by atoms with Gasteiger partial charge in [0.1, 0.15) is 4.90 Å². The van der Waals surface area contributed by atoms with Crippen LogP contribution in [0.4, 0.5) is 0 Å². The summed E-state index contributed by atoms with van der Waals surface area (Å²) in [6.45, 7) is 0.193. The van der Waals surface area contributed by atoms with Crippen LogP contribution in [-0.4, -0.2) is 48.1 Å². The lowest BCUT2D eigenvalue weighted by molar-refractivity contribution is 0.0696. The number of benzene rings is 1. The molecule has 1 aliphatic heterocycles. The van der Waals surface area contributed by atoms with Crippen LogP contribution in [0.3, 0.4) is 0 Å². The topological polar surface area (TPSA) is 94.9 Å². The van der Waals surface area contributed by atoms with Crippen molar-refractivity contribution in [1.29, 1.82) is 0 Å². The molecule has 1 aromatic carbocycles. The average Bonchev–Trinajstić information content (AvgIpc) is 2.40. The van der Waals surface area contributed by atoms with Crippen molar-refractivity contribution >= 4 is 39.2 Å². The first kappa shape index (κ1) is 16.5. The Hall–Kier alpha value is -0.860. The molecule has 0 aromatic heterocycles. The Morgan fingerprint density at radius 2 is 2.00 bits per heavy atom. The van der Waals surface area contributed by atoms with E-state index in [1.54, 1.807) is 0 Å². The van der Waals surface area contributed by atoms with E-state index in [4.69, 9.17) is 28.3 Å². The number of aliphatic hydroxyl groups excluding tert-OH is 1. The Balaban J connectivity index is 2.52. The van der Waals surface area contributed by atoms with Crippen molar-refractivity contribution in [3.63, 3.8) is 0 Å². The fourth-order valence-corrected chi connectivity index (χ4v) is 4.58. The van der Waals surface area contributed by atoms with E-state index in [2.05, 4.69) is 0 Å². The highest BCUT2D eigenvalue weighted by molar-refractivity contribution is 7.89. The van der Waals surface area contributed by atoms with Gasteiger partial charge in [-0.25, -0.2) is 13.2 Å². The maximum absolute atomic E-state index is 12.6. The highest BCUT2D eigenvalue weighted by Crippen LogP contribution is 2.32. The third-order valence-electron chi connectivity index (χ3n) is 3.21. The van der Waals surface area contributed by atoms with Gasteiger partial charge >= 0.3 is 5.97 Å². The van der Waals surface area contributed by atoms with E-state index in [0.717, 1.165) is 16.4 Å². The average molecular weight is 354 g/mol. The van der Waals surface area contributed by atoms with Gasteiger partial charge in [-0.05, 0) is 25.0 Å². The summed E-state index contributed by atoms with van der Waals surface area (Å²) in [7, 11) is -4.01. The second-order valence-electron chi connectivity index (χ2n) is 4.73. The van der Waals surface area contributed by atoms with E-state index < -0.39 is 22.1 Å². The molecule has 1 heterocycles. The number of halogens is 2. The fraction of sp³-hybridized carbons (Fsp3) is 0.417. The summed E-state index contributed by atoms with van der Waals surface area (Å²) in [5.74, 6) is -1.36. The fourth-order valence-electron chi connectivity index (χ4n) is 2.19. The monoisotopic (exact) mass is 353 g/mol. The first-order valence-electron chi connectivity index (χ1n) is 6.14. The SMILES string of the molecule is O=C(O)c1cc(Cl)cc(S(=O)(=O)N2CCC[C@H](O)C2)c1Cl. The second-order valence-corrected chi connectivity index (χ2v) is 7.45. The van der Waals surface area contributed by atoms with Gasteiger partial charge in [-0.15, -0.1) is 0 Å². The summed E-state index contributed by atoms with van der Waals surface area (Å²) in [4.78, 5) is 10.7. The zero-order valence-electron chi connectivity index (χ0n) is 10.8. The van der Waals surface area contributed by atoms with Crippen molar-refractivity contribution in [2.75, 3.05) is 13.1 Å². The molecule has 0 spiro atoms. The Bertz CT molecular complexity index is 676. The van der Waals surface area contributed by atoms with E-state index in [9.17, 15) is 18.3 Å². The van der Waals surface area contributed by atoms with E-state index in [1.165, 1.54) is 0 Å². The van der Waals surface area contributed by atoms with Gasteiger partial charge in [0, 0.05) is 18.1 Å². The van der Waals surface area contributed by atoms with Gasteiger partial charge in [0.15, 0.2) is 0 Å². The first-order chi connectivity index (χ1) is 9.73. The largest absolute Gasteiger partial charge is 0.478 e. The molecule has 1 fully saturated rings. The molecule has 1 aromatic rings. The van der Waals surface area contributed by atoms with Crippen molar-refractivity contribution in [3.8, 4) is 0 Å². The molecule has 1 atom stereocenters. The number of hydrogen-bond donors (Lipinski definition) is 2. The number of hydrogen-bond acceptors (Lipinski definition) is 4. The lowest BCUT2D eigenvalue weighted by Gasteiger charge is -2.29. The zero-order chi connectivity index (χ0) is 15.8. The molecule has 0 amide bonds. The van der Waals surface area contributed by atoms with Gasteiger partial charge in [-0.3, -0.25) is 0 Å². The van der Waals surface area contributed by atoms with E-state index in [0.29, 0.717) is 12.8 Å². The summed E-state index contributed by atoms with van der Waals surface area (Å²) >= 11 is 11.7. The smallest absolute Gasteiger partial charge is 0.337 e. The molecule has 0 saturated carbocycles. The minimum absolute atomic E-state index is 0.0343. The lowest BCUT2D eigenvalue weighted by Crippen LogP contribution is -2.42. The number of carboxylic acids is 1. The number of sulfonamides is 1. The maximum Gasteiger partial charge on any atom is 0.337 e. The quantitative estimate of drug-likeness (QED) is 0.864. The highest BCUT2D eigenvalue weighted by atomic mass is 35.5. The minimum atomic E-state index is -4.01. The standard InChI is InChI=1S/C12H13Cl2NO5S/c13-7-4-9(12(17)18)11(14)10(5-7)21(19,20)15-3-1-2-8(16)6-15/h4-5,8,16H,1-3,6H2,(H,17,18)/t8-/m0/s1. The number of carboxylic acid groups (broad SMARTS) is 1. The van der Waals surface area contributed by atoms with Crippen LogP contribution in [0.25, 0.3) is 0 Å². The van der Waals surface area contributed by atoms with Crippen LogP contribution in [-0.2, 0) is 10.0 Å². The molecular weight excluding hydrogens is 341 g/mol. The van der Waals surface area contributed by atoms with E-state index in [-0.39, 0.29) is 33.6 Å². The Morgan fingerprint density at radius 3 is 2.57 bits per heavy atom. The summed E-state index contributed by atoms with van der Waals surface area (Å²) in [6, 6.07) is 2.21. The van der Waals surface area contributed by atoms with Gasteiger partial charge < -0.3 is 10.2 Å². The van der Waals surface area contributed by atoms with Crippen LogP contribution < -0.4 is 0 Å². The highest BCUT2D eigenvalue weighted by Gasteiger charge is 2.32. The van der Waals surface area contributed by atoms with Crippen LogP contribution in [0, 0.1) is 0 Å². The van der Waals surface area contributed by atoms with Crippen LogP contribution >= 0.6 is 23.2 Å². The number of nitrogens with zero attached hydrogens (tertiary/aromatic N) is 1. The number of β-amino-alcohol motifs (C(OH)–C–C–N with tert-alkyl or cyclic N) is 1. The number of carbonyl (C=O) groups is 1. The van der Waals surface area contributed by atoms with E-state index in [1.807, 2.05) is 0 Å². The number of aliphatic hydroxyl groups is 1. The molecule has 2 N–H and O–H groups in total. The molecule has 0 radical (unpaired) electrons. The normalized spacial score (nSPS) is 20.4. The Morgan fingerprint density at radius 1 is 1.33 bits per heavy atom. The molecule has 116 valence electrons. The first-order valence-corrected chi connectivity index (χ1v) is 8.33. The van der Waals surface area contributed by atoms with Gasteiger partial charge in [0.05, 0.1) is 16.7 Å². The van der Waals surface area contributed by atoms with Crippen molar-refractivity contribution in [3.05, 3.63) is 27.7 Å². The van der Waals surface area contributed by atoms with Gasteiger partial charge in [0.2, 0.25) is 10.0 Å². The molecule has 0 bridgehead atoms. The third kappa shape index (κ3) is 3.32. The molecule has 6 nitrogen and oxygen atoms in total. The van der Waals surface area contributed by atoms with Crippen LogP contribution in [0.5, 0.6) is 0 Å². The molecule has 21 heavy (non-hydrogen) atoms. The molecule has 9 heteroatoms. The molecular formula is C12H13Cl2NO5S. The summed E-state index contributed by atoms with van der Waals surface area (Å²) in [6.07, 6.45) is 0.297. The molecule has 2 rings (SSSR count). The molecule has 1 aliphatic rings. The van der Waals surface area contributed by atoms with Crippen molar-refractivity contribution in [2.45, 2.75) is 23.8 Å². The predicted octanol–water partition coefficient (Wildman–Crippen LogP) is 1.84. The molecule has 0 unspecified atom stereocenters. The Kier molecular flexibility index (Phi) is 4.79. The van der Waals surface area contributed by atoms with Crippen LogP contribution in [0.15, 0.2) is 17.0 Å². The summed E-state index contributed by atoms with van der Waals surface area (Å²) in [5, 5.41) is 18.2. The number of piperidine rings is 1. The zero-order valence-corrected chi connectivity index (χ0v) is 13.1.